The van der Waals surface area contributed by atoms with Crippen LogP contribution in [0.5, 0.6) is 0 Å². The van der Waals surface area contributed by atoms with Crippen LogP contribution in [0.25, 0.3) is 6.08 Å². The minimum Gasteiger partial charge on any atom is -0.315 e. The van der Waals surface area contributed by atoms with Crippen molar-refractivity contribution in [2.75, 3.05) is 32.7 Å². The Labute approximate surface area is 110 Å². The summed E-state index contributed by atoms with van der Waals surface area (Å²) in [6, 6.07) is 10.5. The Kier molecular flexibility index (Phi) is 6.94. The van der Waals surface area contributed by atoms with Crippen LogP contribution in [0.2, 0.25) is 0 Å². The van der Waals surface area contributed by atoms with Crippen molar-refractivity contribution >= 4 is 18.5 Å². The lowest BCUT2D eigenvalue weighted by atomic mass is 10.2. The second-order valence-corrected chi connectivity index (χ2v) is 4.22. The molecule has 0 aliphatic carbocycles. The van der Waals surface area contributed by atoms with Crippen LogP contribution in [0.3, 0.4) is 0 Å². The number of rotatable bonds is 3. The van der Waals surface area contributed by atoms with Crippen LogP contribution in [0.4, 0.5) is 0 Å². The first-order chi connectivity index (χ1) is 7.95. The Hall–Kier alpha value is -0.830. The summed E-state index contributed by atoms with van der Waals surface area (Å²) in [7, 11) is 0. The molecule has 0 spiro atoms. The van der Waals surface area contributed by atoms with Crippen LogP contribution in [-0.4, -0.2) is 37.6 Å². The van der Waals surface area contributed by atoms with Gasteiger partial charge in [0.15, 0.2) is 0 Å². The molecule has 1 N–H and O–H groups in total. The SMILES string of the molecule is C(=C\c1ccccc1)/CN1CCCNCC1.Cl. The second kappa shape index (κ2) is 8.29. The van der Waals surface area contributed by atoms with Crippen molar-refractivity contribution in [1.82, 2.24) is 10.2 Å². The van der Waals surface area contributed by atoms with Gasteiger partial charge in [-0.2, -0.15) is 0 Å². The standard InChI is InChI=1S/C14H20N2.ClH/c1-2-6-14(7-3-1)8-4-11-16-12-5-9-15-10-13-16;/h1-4,6-8,15H,5,9-13H2;1H/b8-4+;. The third-order valence-electron chi connectivity index (χ3n) is 2.91. The van der Waals surface area contributed by atoms with Crippen LogP contribution < -0.4 is 5.32 Å². The molecule has 1 aromatic carbocycles. The van der Waals surface area contributed by atoms with E-state index in [1.807, 2.05) is 0 Å². The van der Waals surface area contributed by atoms with Gasteiger partial charge in [0.1, 0.15) is 0 Å². The molecule has 0 atom stereocenters. The van der Waals surface area contributed by atoms with E-state index in [9.17, 15) is 0 Å². The maximum Gasteiger partial charge on any atom is 0.0167 e. The predicted octanol–water partition coefficient (Wildman–Crippen LogP) is 2.42. The molecular formula is C14H21ClN2. The minimum atomic E-state index is 0. The number of hydrogen-bond donors (Lipinski definition) is 1. The van der Waals surface area contributed by atoms with Crippen LogP contribution in [-0.2, 0) is 0 Å². The topological polar surface area (TPSA) is 15.3 Å². The lowest BCUT2D eigenvalue weighted by molar-refractivity contribution is 0.324. The van der Waals surface area contributed by atoms with E-state index in [-0.39, 0.29) is 12.4 Å². The molecule has 2 nitrogen and oxygen atoms in total. The van der Waals surface area contributed by atoms with E-state index in [0.717, 1.165) is 13.1 Å². The predicted molar refractivity (Wildman–Crippen MR) is 76.7 cm³/mol. The summed E-state index contributed by atoms with van der Waals surface area (Å²) in [5.74, 6) is 0. The molecule has 1 aliphatic heterocycles. The first kappa shape index (κ1) is 14.2. The van der Waals surface area contributed by atoms with Crippen LogP contribution in [0, 0.1) is 0 Å². The Morgan fingerprint density at radius 1 is 1.12 bits per heavy atom. The van der Waals surface area contributed by atoms with Crippen molar-refractivity contribution in [1.29, 1.82) is 0 Å². The van der Waals surface area contributed by atoms with Gasteiger partial charge in [-0.15, -0.1) is 12.4 Å². The summed E-state index contributed by atoms with van der Waals surface area (Å²) in [6.07, 6.45) is 5.73. The van der Waals surface area contributed by atoms with Crippen molar-refractivity contribution in [2.45, 2.75) is 6.42 Å². The number of benzene rings is 1. The molecule has 1 aromatic rings. The van der Waals surface area contributed by atoms with Gasteiger partial charge in [-0.1, -0.05) is 42.5 Å². The van der Waals surface area contributed by atoms with E-state index >= 15 is 0 Å². The van der Waals surface area contributed by atoms with Gasteiger partial charge in [-0.25, -0.2) is 0 Å². The molecule has 0 amide bonds. The van der Waals surface area contributed by atoms with Crippen LogP contribution >= 0.6 is 12.4 Å². The Morgan fingerprint density at radius 3 is 2.76 bits per heavy atom. The maximum atomic E-state index is 3.42. The van der Waals surface area contributed by atoms with Crippen molar-refractivity contribution in [3.63, 3.8) is 0 Å². The summed E-state index contributed by atoms with van der Waals surface area (Å²) in [6.45, 7) is 5.74. The van der Waals surface area contributed by atoms with Gasteiger partial charge in [0.2, 0.25) is 0 Å². The monoisotopic (exact) mass is 252 g/mol. The van der Waals surface area contributed by atoms with Gasteiger partial charge in [0.25, 0.3) is 0 Å². The Bertz CT molecular complexity index is 316. The van der Waals surface area contributed by atoms with E-state index in [4.69, 9.17) is 0 Å². The molecule has 1 fully saturated rings. The zero-order valence-electron chi connectivity index (χ0n) is 10.1. The quantitative estimate of drug-likeness (QED) is 0.889. The molecule has 1 saturated heterocycles. The van der Waals surface area contributed by atoms with Crippen LogP contribution in [0.1, 0.15) is 12.0 Å². The minimum absolute atomic E-state index is 0. The van der Waals surface area contributed by atoms with Crippen molar-refractivity contribution in [3.05, 3.63) is 42.0 Å². The Morgan fingerprint density at radius 2 is 1.94 bits per heavy atom. The normalized spacial score (nSPS) is 17.6. The summed E-state index contributed by atoms with van der Waals surface area (Å²) in [5.41, 5.74) is 1.29. The van der Waals surface area contributed by atoms with Crippen molar-refractivity contribution < 1.29 is 0 Å². The van der Waals surface area contributed by atoms with E-state index in [2.05, 4.69) is 52.7 Å². The highest BCUT2D eigenvalue weighted by Gasteiger charge is 2.05. The molecule has 17 heavy (non-hydrogen) atoms. The third kappa shape index (κ3) is 5.35. The molecule has 2 rings (SSSR count). The van der Waals surface area contributed by atoms with Gasteiger partial charge in [-0.05, 0) is 25.1 Å². The van der Waals surface area contributed by atoms with Gasteiger partial charge >= 0.3 is 0 Å². The summed E-state index contributed by atoms with van der Waals surface area (Å²) in [5, 5.41) is 3.42. The molecule has 1 aliphatic rings. The molecular weight excluding hydrogens is 232 g/mol. The molecule has 0 bridgehead atoms. The van der Waals surface area contributed by atoms with Crippen molar-refractivity contribution in [3.8, 4) is 0 Å². The average molecular weight is 253 g/mol. The number of nitrogens with zero attached hydrogens (tertiary/aromatic N) is 1. The average Bonchev–Trinajstić information content (AvgIpc) is 2.59. The molecule has 0 unspecified atom stereocenters. The highest BCUT2D eigenvalue weighted by molar-refractivity contribution is 5.85. The highest BCUT2D eigenvalue weighted by atomic mass is 35.5. The van der Waals surface area contributed by atoms with Gasteiger partial charge in [-0.3, -0.25) is 4.90 Å². The van der Waals surface area contributed by atoms with Gasteiger partial charge < -0.3 is 5.32 Å². The number of nitrogens with one attached hydrogen (secondary N) is 1. The molecule has 1 heterocycles. The summed E-state index contributed by atoms with van der Waals surface area (Å²) < 4.78 is 0. The van der Waals surface area contributed by atoms with Gasteiger partial charge in [0, 0.05) is 19.6 Å². The zero-order valence-corrected chi connectivity index (χ0v) is 11.0. The summed E-state index contributed by atoms with van der Waals surface area (Å²) in [4.78, 5) is 2.50. The van der Waals surface area contributed by atoms with Crippen molar-refractivity contribution in [2.24, 2.45) is 0 Å². The van der Waals surface area contributed by atoms with E-state index in [1.165, 1.54) is 31.6 Å². The largest absolute Gasteiger partial charge is 0.315 e. The number of hydrogen-bond acceptors (Lipinski definition) is 2. The first-order valence-electron chi connectivity index (χ1n) is 6.10. The van der Waals surface area contributed by atoms with E-state index in [1.54, 1.807) is 0 Å². The van der Waals surface area contributed by atoms with E-state index < -0.39 is 0 Å². The second-order valence-electron chi connectivity index (χ2n) is 4.22. The highest BCUT2D eigenvalue weighted by Crippen LogP contribution is 2.02. The molecule has 0 saturated carbocycles. The zero-order chi connectivity index (χ0) is 11.1. The fraction of sp³-hybridized carbons (Fsp3) is 0.429. The third-order valence-corrected chi connectivity index (χ3v) is 2.91. The first-order valence-corrected chi connectivity index (χ1v) is 6.10. The molecule has 3 heteroatoms. The Balaban J connectivity index is 0.00000144. The van der Waals surface area contributed by atoms with Crippen LogP contribution in [0.15, 0.2) is 36.4 Å². The lowest BCUT2D eigenvalue weighted by Crippen LogP contribution is -2.28. The fourth-order valence-corrected chi connectivity index (χ4v) is 1.99. The smallest absolute Gasteiger partial charge is 0.0167 e. The fourth-order valence-electron chi connectivity index (χ4n) is 1.99. The molecule has 0 aromatic heterocycles. The maximum absolute atomic E-state index is 3.42. The lowest BCUT2D eigenvalue weighted by Gasteiger charge is -2.16. The molecule has 0 radical (unpaired) electrons. The molecule has 94 valence electrons. The van der Waals surface area contributed by atoms with Gasteiger partial charge in [0.05, 0.1) is 0 Å². The van der Waals surface area contributed by atoms with E-state index in [0.29, 0.717) is 0 Å². The summed E-state index contributed by atoms with van der Waals surface area (Å²) >= 11 is 0. The number of halogens is 1.